The fourth-order valence-electron chi connectivity index (χ4n) is 1.96. The molecule has 7 nitrogen and oxygen atoms in total. The summed E-state index contributed by atoms with van der Waals surface area (Å²) in [4.78, 5) is 11.4. The third kappa shape index (κ3) is 3.73. The van der Waals surface area contributed by atoms with E-state index in [4.69, 9.17) is 0 Å². The number of tetrazole rings is 1. The standard InChI is InChI=1S/C12H23N5O2/c1-4-7-8-17-10(14-15-16-17)9-13-12(5-2,6-3)11(18)19/h13H,4-9H2,1-3H3,(H,18,19). The largest absolute Gasteiger partial charge is 0.480 e. The predicted molar refractivity (Wildman–Crippen MR) is 70.5 cm³/mol. The van der Waals surface area contributed by atoms with E-state index in [9.17, 15) is 9.90 Å². The zero-order chi connectivity index (χ0) is 14.3. The number of aliphatic carboxylic acids is 1. The van der Waals surface area contributed by atoms with E-state index in [0.29, 0.717) is 25.2 Å². The predicted octanol–water partition coefficient (Wildman–Crippen LogP) is 1.21. The number of hydrogen-bond acceptors (Lipinski definition) is 5. The third-order valence-electron chi connectivity index (χ3n) is 3.53. The molecular weight excluding hydrogens is 246 g/mol. The Balaban J connectivity index is 2.69. The second-order valence-corrected chi connectivity index (χ2v) is 4.62. The number of aryl methyl sites for hydroxylation is 1. The minimum atomic E-state index is -0.901. The van der Waals surface area contributed by atoms with Gasteiger partial charge in [-0.2, -0.15) is 0 Å². The van der Waals surface area contributed by atoms with Crippen LogP contribution in [0.3, 0.4) is 0 Å². The molecule has 0 unspecified atom stereocenters. The molecule has 0 saturated carbocycles. The molecule has 0 amide bonds. The van der Waals surface area contributed by atoms with E-state index in [1.54, 1.807) is 4.68 Å². The van der Waals surface area contributed by atoms with Crippen LogP contribution in [0.25, 0.3) is 0 Å². The van der Waals surface area contributed by atoms with E-state index in [1.807, 2.05) is 13.8 Å². The molecular formula is C12H23N5O2. The van der Waals surface area contributed by atoms with Crippen LogP contribution in [-0.2, 0) is 17.9 Å². The number of carbonyl (C=O) groups is 1. The Morgan fingerprint density at radius 1 is 1.37 bits per heavy atom. The second kappa shape index (κ2) is 7.18. The van der Waals surface area contributed by atoms with Gasteiger partial charge in [0.15, 0.2) is 5.82 Å². The van der Waals surface area contributed by atoms with Crippen LogP contribution in [0.5, 0.6) is 0 Å². The van der Waals surface area contributed by atoms with Crippen LogP contribution in [0.4, 0.5) is 0 Å². The molecule has 108 valence electrons. The molecule has 1 aromatic rings. The van der Waals surface area contributed by atoms with Crippen LogP contribution in [0.2, 0.25) is 0 Å². The number of aromatic nitrogens is 4. The SMILES string of the molecule is CCCCn1nnnc1CNC(CC)(CC)C(=O)O. The number of nitrogens with zero attached hydrogens (tertiary/aromatic N) is 4. The quantitative estimate of drug-likeness (QED) is 0.700. The van der Waals surface area contributed by atoms with Gasteiger partial charge < -0.3 is 5.11 Å². The molecule has 0 aromatic carbocycles. The zero-order valence-electron chi connectivity index (χ0n) is 11.9. The number of unbranched alkanes of at least 4 members (excludes halogenated alkanes) is 1. The summed E-state index contributed by atoms with van der Waals surface area (Å²) in [7, 11) is 0. The van der Waals surface area contributed by atoms with Crippen molar-refractivity contribution in [1.29, 1.82) is 0 Å². The topological polar surface area (TPSA) is 92.9 Å². The molecule has 0 aliphatic rings. The average Bonchev–Trinajstić information content (AvgIpc) is 2.85. The molecule has 0 aliphatic carbocycles. The lowest BCUT2D eigenvalue weighted by molar-refractivity contribution is -0.145. The van der Waals surface area contributed by atoms with Crippen molar-refractivity contribution in [3.05, 3.63) is 5.82 Å². The van der Waals surface area contributed by atoms with Crippen molar-refractivity contribution in [3.63, 3.8) is 0 Å². The van der Waals surface area contributed by atoms with Gasteiger partial charge in [0.1, 0.15) is 5.54 Å². The first kappa shape index (κ1) is 15.6. The van der Waals surface area contributed by atoms with E-state index in [0.717, 1.165) is 19.4 Å². The van der Waals surface area contributed by atoms with E-state index in [-0.39, 0.29) is 0 Å². The number of hydrogen-bond donors (Lipinski definition) is 2. The van der Waals surface area contributed by atoms with Gasteiger partial charge in [-0.3, -0.25) is 10.1 Å². The maximum Gasteiger partial charge on any atom is 0.323 e. The minimum absolute atomic E-state index is 0.366. The summed E-state index contributed by atoms with van der Waals surface area (Å²) < 4.78 is 1.73. The molecule has 2 N–H and O–H groups in total. The Morgan fingerprint density at radius 2 is 2.05 bits per heavy atom. The number of carboxylic acid groups (broad SMARTS) is 1. The second-order valence-electron chi connectivity index (χ2n) is 4.62. The molecule has 0 atom stereocenters. The van der Waals surface area contributed by atoms with Gasteiger partial charge in [-0.15, -0.1) is 5.10 Å². The molecule has 1 rings (SSSR count). The van der Waals surface area contributed by atoms with Gasteiger partial charge in [0.25, 0.3) is 0 Å². The van der Waals surface area contributed by atoms with Gasteiger partial charge in [-0.05, 0) is 29.7 Å². The van der Waals surface area contributed by atoms with Crippen LogP contribution in [0.15, 0.2) is 0 Å². The minimum Gasteiger partial charge on any atom is -0.480 e. The highest BCUT2D eigenvalue weighted by molar-refractivity contribution is 5.78. The summed E-state index contributed by atoms with van der Waals surface area (Å²) in [6.07, 6.45) is 3.12. The van der Waals surface area contributed by atoms with Crippen molar-refractivity contribution in [2.45, 2.75) is 65.1 Å². The zero-order valence-corrected chi connectivity index (χ0v) is 11.9. The van der Waals surface area contributed by atoms with Crippen molar-refractivity contribution >= 4 is 5.97 Å². The summed E-state index contributed by atoms with van der Waals surface area (Å²) in [6.45, 7) is 6.96. The summed E-state index contributed by atoms with van der Waals surface area (Å²) >= 11 is 0. The molecule has 0 bridgehead atoms. The normalized spacial score (nSPS) is 11.7. The fraction of sp³-hybridized carbons (Fsp3) is 0.833. The third-order valence-corrected chi connectivity index (χ3v) is 3.53. The molecule has 0 radical (unpaired) electrons. The summed E-state index contributed by atoms with van der Waals surface area (Å²) in [5.41, 5.74) is -0.901. The lowest BCUT2D eigenvalue weighted by atomic mass is 9.93. The highest BCUT2D eigenvalue weighted by Gasteiger charge is 2.34. The Kier molecular flexibility index (Phi) is 5.88. The smallest absolute Gasteiger partial charge is 0.323 e. The lowest BCUT2D eigenvalue weighted by Gasteiger charge is -2.27. The molecule has 0 saturated heterocycles. The Bertz CT molecular complexity index is 401. The highest BCUT2D eigenvalue weighted by atomic mass is 16.4. The fourth-order valence-corrected chi connectivity index (χ4v) is 1.96. The van der Waals surface area contributed by atoms with E-state index in [1.165, 1.54) is 0 Å². The van der Waals surface area contributed by atoms with Gasteiger partial charge in [-0.1, -0.05) is 27.2 Å². The molecule has 0 aliphatic heterocycles. The highest BCUT2D eigenvalue weighted by Crippen LogP contribution is 2.16. The number of carboxylic acids is 1. The van der Waals surface area contributed by atoms with Crippen molar-refractivity contribution in [3.8, 4) is 0 Å². The van der Waals surface area contributed by atoms with Gasteiger partial charge in [0.05, 0.1) is 6.54 Å². The summed E-state index contributed by atoms with van der Waals surface area (Å²) in [5.74, 6) is -0.147. The maximum absolute atomic E-state index is 11.4. The molecule has 1 heterocycles. The summed E-state index contributed by atoms with van der Waals surface area (Å²) in [5, 5.41) is 23.9. The molecule has 1 aromatic heterocycles. The molecule has 19 heavy (non-hydrogen) atoms. The molecule has 7 heteroatoms. The van der Waals surface area contributed by atoms with Crippen molar-refractivity contribution < 1.29 is 9.90 Å². The first-order valence-corrected chi connectivity index (χ1v) is 6.83. The van der Waals surface area contributed by atoms with Gasteiger partial charge in [0.2, 0.25) is 0 Å². The van der Waals surface area contributed by atoms with Crippen LogP contribution < -0.4 is 5.32 Å². The molecule has 0 fully saturated rings. The monoisotopic (exact) mass is 269 g/mol. The van der Waals surface area contributed by atoms with Crippen molar-refractivity contribution in [2.24, 2.45) is 0 Å². The van der Waals surface area contributed by atoms with E-state index < -0.39 is 11.5 Å². The Hall–Kier alpha value is -1.50. The van der Waals surface area contributed by atoms with Crippen LogP contribution >= 0.6 is 0 Å². The van der Waals surface area contributed by atoms with Crippen molar-refractivity contribution in [2.75, 3.05) is 0 Å². The first-order valence-electron chi connectivity index (χ1n) is 6.83. The van der Waals surface area contributed by atoms with Gasteiger partial charge in [0, 0.05) is 6.54 Å². The van der Waals surface area contributed by atoms with Gasteiger partial charge in [-0.25, -0.2) is 4.68 Å². The molecule has 0 spiro atoms. The Morgan fingerprint density at radius 3 is 2.58 bits per heavy atom. The van der Waals surface area contributed by atoms with E-state index >= 15 is 0 Å². The maximum atomic E-state index is 11.4. The Labute approximate surface area is 113 Å². The van der Waals surface area contributed by atoms with E-state index in [2.05, 4.69) is 27.8 Å². The van der Waals surface area contributed by atoms with Crippen LogP contribution in [0, 0.1) is 0 Å². The van der Waals surface area contributed by atoms with Crippen LogP contribution in [0.1, 0.15) is 52.3 Å². The average molecular weight is 269 g/mol. The lowest BCUT2D eigenvalue weighted by Crippen LogP contribution is -2.51. The van der Waals surface area contributed by atoms with Crippen molar-refractivity contribution in [1.82, 2.24) is 25.5 Å². The summed E-state index contributed by atoms with van der Waals surface area (Å²) in [6, 6.07) is 0. The van der Waals surface area contributed by atoms with Crippen LogP contribution in [-0.4, -0.2) is 36.8 Å². The number of rotatable bonds is 9. The number of nitrogens with one attached hydrogen (secondary N) is 1. The van der Waals surface area contributed by atoms with Gasteiger partial charge >= 0.3 is 5.97 Å². The first-order chi connectivity index (χ1) is 9.09.